The third-order valence-electron chi connectivity index (χ3n) is 6.35. The molecule has 1 aliphatic heterocycles. The van der Waals surface area contributed by atoms with Crippen LogP contribution < -0.4 is 5.32 Å². The molecule has 1 saturated heterocycles. The van der Waals surface area contributed by atoms with Gasteiger partial charge in [-0.25, -0.2) is 4.79 Å². The minimum absolute atomic E-state index is 0.0261. The van der Waals surface area contributed by atoms with Gasteiger partial charge in [-0.1, -0.05) is 30.3 Å². The summed E-state index contributed by atoms with van der Waals surface area (Å²) in [5.41, 5.74) is 1.60. The molecule has 2 aliphatic rings. The number of ether oxygens (including phenoxy) is 1. The third-order valence-corrected chi connectivity index (χ3v) is 6.35. The Morgan fingerprint density at radius 1 is 1.06 bits per heavy atom. The van der Waals surface area contributed by atoms with Gasteiger partial charge in [0, 0.05) is 37.3 Å². The molecule has 0 atom stereocenters. The zero-order valence-electron chi connectivity index (χ0n) is 18.8. The Hall–Kier alpha value is -2.76. The van der Waals surface area contributed by atoms with Crippen molar-refractivity contribution < 1.29 is 14.3 Å². The highest BCUT2D eigenvalue weighted by Crippen LogP contribution is 2.47. The van der Waals surface area contributed by atoms with Crippen LogP contribution in [0.2, 0.25) is 0 Å². The summed E-state index contributed by atoms with van der Waals surface area (Å²) in [7, 11) is 0. The maximum absolute atomic E-state index is 13.0. The predicted molar refractivity (Wildman–Crippen MR) is 120 cm³/mol. The van der Waals surface area contributed by atoms with Gasteiger partial charge in [0.25, 0.3) is 5.91 Å². The second-order valence-corrected chi connectivity index (χ2v) is 9.83. The van der Waals surface area contributed by atoms with Crippen LogP contribution in [0.3, 0.4) is 0 Å². The lowest BCUT2D eigenvalue weighted by atomic mass is 9.96. The molecular formula is C25H33N3O3. The van der Waals surface area contributed by atoms with E-state index in [1.807, 2.05) is 45.2 Å². The molecule has 4 rings (SSSR count). The molecule has 0 bridgehead atoms. The van der Waals surface area contributed by atoms with Crippen molar-refractivity contribution in [3.05, 3.63) is 59.9 Å². The number of hydrogen-bond donors (Lipinski definition) is 1. The quantitative estimate of drug-likeness (QED) is 0.769. The minimum atomic E-state index is -0.488. The Labute approximate surface area is 184 Å². The van der Waals surface area contributed by atoms with Crippen molar-refractivity contribution in [2.45, 2.75) is 63.5 Å². The lowest BCUT2D eigenvalue weighted by Crippen LogP contribution is -2.42. The van der Waals surface area contributed by atoms with E-state index in [0.29, 0.717) is 25.3 Å². The van der Waals surface area contributed by atoms with Crippen molar-refractivity contribution in [2.24, 2.45) is 0 Å². The summed E-state index contributed by atoms with van der Waals surface area (Å²) in [6.07, 6.45) is 5.56. The molecule has 1 N–H and O–H groups in total. The highest BCUT2D eigenvalue weighted by Gasteiger charge is 2.44. The van der Waals surface area contributed by atoms with Crippen LogP contribution in [0, 0.1) is 0 Å². The number of carbonyl (C=O) groups excluding carboxylic acids is 2. The van der Waals surface area contributed by atoms with E-state index in [9.17, 15) is 9.59 Å². The Kier molecular flexibility index (Phi) is 5.82. The van der Waals surface area contributed by atoms with Crippen LogP contribution in [0.5, 0.6) is 0 Å². The van der Waals surface area contributed by atoms with E-state index in [-0.39, 0.29) is 23.5 Å². The number of likely N-dealkylation sites (tertiary alicyclic amines) is 1. The van der Waals surface area contributed by atoms with Crippen LogP contribution in [0.25, 0.3) is 0 Å². The Morgan fingerprint density at radius 2 is 1.74 bits per heavy atom. The fourth-order valence-corrected chi connectivity index (χ4v) is 4.41. The van der Waals surface area contributed by atoms with Crippen LogP contribution in [-0.2, 0) is 10.2 Å². The summed E-state index contributed by atoms with van der Waals surface area (Å²) in [6, 6.07) is 14.5. The lowest BCUT2D eigenvalue weighted by molar-refractivity contribution is 0.0187. The number of nitrogens with one attached hydrogen (secondary N) is 1. The molecule has 2 heterocycles. The molecule has 2 fully saturated rings. The second-order valence-electron chi connectivity index (χ2n) is 9.83. The van der Waals surface area contributed by atoms with Crippen molar-refractivity contribution in [1.29, 1.82) is 0 Å². The minimum Gasteiger partial charge on any atom is -0.444 e. The number of piperidine rings is 1. The first kappa shape index (κ1) is 21.5. The number of rotatable bonds is 5. The predicted octanol–water partition coefficient (Wildman–Crippen LogP) is 4.52. The normalized spacial score (nSPS) is 18.5. The molecule has 1 aliphatic carbocycles. The van der Waals surface area contributed by atoms with Crippen molar-refractivity contribution in [2.75, 3.05) is 19.6 Å². The molecule has 0 radical (unpaired) electrons. The Balaban J connectivity index is 1.34. The monoisotopic (exact) mass is 423 g/mol. The zero-order chi connectivity index (χ0) is 22.1. The van der Waals surface area contributed by atoms with Gasteiger partial charge in [0.2, 0.25) is 0 Å². The fourth-order valence-electron chi connectivity index (χ4n) is 4.41. The van der Waals surface area contributed by atoms with Gasteiger partial charge in [0.15, 0.2) is 0 Å². The maximum atomic E-state index is 13.0. The molecule has 0 unspecified atom stereocenters. The van der Waals surface area contributed by atoms with Crippen LogP contribution in [0.15, 0.2) is 48.7 Å². The van der Waals surface area contributed by atoms with Gasteiger partial charge >= 0.3 is 6.09 Å². The smallest absolute Gasteiger partial charge is 0.410 e. The zero-order valence-corrected chi connectivity index (χ0v) is 18.8. The lowest BCUT2D eigenvalue weighted by Gasteiger charge is -2.34. The molecule has 2 amide bonds. The summed E-state index contributed by atoms with van der Waals surface area (Å²) < 4.78 is 7.56. The Bertz CT molecular complexity index is 917. The highest BCUT2D eigenvalue weighted by atomic mass is 16.6. The number of amides is 2. The number of benzene rings is 1. The van der Waals surface area contributed by atoms with E-state index in [2.05, 4.69) is 34.1 Å². The highest BCUT2D eigenvalue weighted by molar-refractivity contribution is 5.92. The van der Waals surface area contributed by atoms with Crippen LogP contribution in [0.1, 0.15) is 68.5 Å². The van der Waals surface area contributed by atoms with Crippen molar-refractivity contribution >= 4 is 12.0 Å². The van der Waals surface area contributed by atoms with E-state index in [4.69, 9.17) is 4.74 Å². The summed E-state index contributed by atoms with van der Waals surface area (Å²) in [4.78, 5) is 27.1. The maximum Gasteiger partial charge on any atom is 0.410 e. The molecule has 166 valence electrons. The number of carbonyl (C=O) groups is 2. The van der Waals surface area contributed by atoms with Gasteiger partial charge in [-0.3, -0.25) is 4.79 Å². The molecule has 1 aromatic heterocycles. The van der Waals surface area contributed by atoms with Gasteiger partial charge in [0.05, 0.1) is 0 Å². The summed E-state index contributed by atoms with van der Waals surface area (Å²) in [6.45, 7) is 7.58. The van der Waals surface area contributed by atoms with Gasteiger partial charge in [-0.15, -0.1) is 0 Å². The van der Waals surface area contributed by atoms with E-state index in [0.717, 1.165) is 25.7 Å². The Morgan fingerprint density at radius 3 is 2.35 bits per heavy atom. The standard InChI is InChI=1S/C25H33N3O3/c1-24(2,3)31-23(30)27-16-11-20(12-17-27)28-15-7-10-21(28)22(29)26-18-25(13-14-25)19-8-5-4-6-9-19/h4-10,15,20H,11-14,16-18H2,1-3H3,(H,26,29). The van der Waals surface area contributed by atoms with Gasteiger partial charge in [-0.2, -0.15) is 0 Å². The number of aromatic nitrogens is 1. The van der Waals surface area contributed by atoms with E-state index >= 15 is 0 Å². The SMILES string of the molecule is CC(C)(C)OC(=O)N1CCC(n2cccc2C(=O)NCC2(c3ccccc3)CC2)CC1. The molecule has 6 heteroatoms. The molecular weight excluding hydrogens is 390 g/mol. The topological polar surface area (TPSA) is 63.6 Å². The van der Waals surface area contributed by atoms with E-state index < -0.39 is 5.60 Å². The first-order valence-corrected chi connectivity index (χ1v) is 11.3. The molecule has 0 spiro atoms. The second kappa shape index (κ2) is 8.40. The average molecular weight is 424 g/mol. The largest absolute Gasteiger partial charge is 0.444 e. The van der Waals surface area contributed by atoms with Gasteiger partial charge in [0.1, 0.15) is 11.3 Å². The van der Waals surface area contributed by atoms with Crippen molar-refractivity contribution in [3.63, 3.8) is 0 Å². The third kappa shape index (κ3) is 4.94. The molecule has 31 heavy (non-hydrogen) atoms. The first-order chi connectivity index (χ1) is 14.8. The fraction of sp³-hybridized carbons (Fsp3) is 0.520. The summed E-state index contributed by atoms with van der Waals surface area (Å²) in [5.74, 6) is -0.0261. The van der Waals surface area contributed by atoms with Gasteiger partial charge < -0.3 is 19.5 Å². The molecule has 6 nitrogen and oxygen atoms in total. The van der Waals surface area contributed by atoms with Crippen LogP contribution in [0.4, 0.5) is 4.79 Å². The molecule has 2 aromatic rings. The molecule has 1 aromatic carbocycles. The summed E-state index contributed by atoms with van der Waals surface area (Å²) in [5, 5.41) is 3.17. The van der Waals surface area contributed by atoms with Crippen molar-refractivity contribution in [1.82, 2.24) is 14.8 Å². The molecule has 1 saturated carbocycles. The van der Waals surface area contributed by atoms with Gasteiger partial charge in [-0.05, 0) is 64.2 Å². The number of nitrogens with zero attached hydrogens (tertiary/aromatic N) is 2. The van der Waals surface area contributed by atoms with Crippen molar-refractivity contribution in [3.8, 4) is 0 Å². The average Bonchev–Trinajstić information content (AvgIpc) is 3.38. The van der Waals surface area contributed by atoms with E-state index in [1.165, 1.54) is 5.56 Å². The first-order valence-electron chi connectivity index (χ1n) is 11.3. The van der Waals surface area contributed by atoms with Crippen LogP contribution in [-0.4, -0.2) is 46.7 Å². The number of hydrogen-bond acceptors (Lipinski definition) is 3. The summed E-state index contributed by atoms with van der Waals surface area (Å²) >= 11 is 0. The van der Waals surface area contributed by atoms with Crippen LogP contribution >= 0.6 is 0 Å². The van der Waals surface area contributed by atoms with E-state index in [1.54, 1.807) is 4.90 Å².